The quantitative estimate of drug-likeness (QED) is 0.373. The van der Waals surface area contributed by atoms with Crippen LogP contribution in [0.3, 0.4) is 0 Å². The second-order valence-electron chi connectivity index (χ2n) is 7.01. The molecular formula is C23H24N2O5S. The molecule has 0 amide bonds. The van der Waals surface area contributed by atoms with Crippen molar-refractivity contribution in [2.24, 2.45) is 0 Å². The zero-order valence-electron chi connectivity index (χ0n) is 18.1. The molecule has 4 rings (SSSR count). The number of benzene rings is 1. The van der Waals surface area contributed by atoms with E-state index in [1.807, 2.05) is 35.8 Å². The molecule has 7 nitrogen and oxygen atoms in total. The summed E-state index contributed by atoms with van der Waals surface area (Å²) in [6, 6.07) is 9.52. The van der Waals surface area contributed by atoms with Crippen molar-refractivity contribution < 1.29 is 23.4 Å². The predicted octanol–water partition coefficient (Wildman–Crippen LogP) is 5.08. The number of rotatable bonds is 7. The summed E-state index contributed by atoms with van der Waals surface area (Å²) in [6.07, 6.45) is 0.944. The van der Waals surface area contributed by atoms with E-state index in [0.717, 1.165) is 27.9 Å². The van der Waals surface area contributed by atoms with E-state index in [1.54, 1.807) is 25.6 Å². The Morgan fingerprint density at radius 2 is 1.90 bits per heavy atom. The number of methoxy groups -OCH3 is 3. The first-order chi connectivity index (χ1) is 15.0. The van der Waals surface area contributed by atoms with E-state index in [0.29, 0.717) is 35.4 Å². The molecule has 31 heavy (non-hydrogen) atoms. The van der Waals surface area contributed by atoms with Crippen molar-refractivity contribution in [3.05, 3.63) is 52.4 Å². The van der Waals surface area contributed by atoms with Crippen LogP contribution in [0, 0.1) is 6.92 Å². The monoisotopic (exact) mass is 440 g/mol. The number of fused-ring (bicyclic) bond motifs is 1. The van der Waals surface area contributed by atoms with Gasteiger partial charge in [-0.3, -0.25) is 0 Å². The van der Waals surface area contributed by atoms with Gasteiger partial charge in [-0.1, -0.05) is 6.92 Å². The van der Waals surface area contributed by atoms with E-state index in [9.17, 15) is 4.79 Å². The van der Waals surface area contributed by atoms with Gasteiger partial charge in [0.15, 0.2) is 11.5 Å². The molecule has 0 bridgehead atoms. The zero-order chi connectivity index (χ0) is 22.1. The van der Waals surface area contributed by atoms with E-state index < -0.39 is 0 Å². The molecule has 0 unspecified atom stereocenters. The Hall–Kier alpha value is -3.26. The van der Waals surface area contributed by atoms with Gasteiger partial charge in [0.1, 0.15) is 17.1 Å². The van der Waals surface area contributed by atoms with Crippen LogP contribution in [0.4, 0.5) is 0 Å². The van der Waals surface area contributed by atoms with Gasteiger partial charge in [0.2, 0.25) is 5.89 Å². The third-order valence-electron chi connectivity index (χ3n) is 5.21. The van der Waals surface area contributed by atoms with Crippen molar-refractivity contribution in [2.75, 3.05) is 21.3 Å². The second-order valence-corrected chi connectivity index (χ2v) is 8.18. The Morgan fingerprint density at radius 3 is 2.58 bits per heavy atom. The summed E-state index contributed by atoms with van der Waals surface area (Å²) < 4.78 is 24.6. The van der Waals surface area contributed by atoms with Crippen LogP contribution in [-0.2, 0) is 17.7 Å². The van der Waals surface area contributed by atoms with Gasteiger partial charge < -0.3 is 23.2 Å². The summed E-state index contributed by atoms with van der Waals surface area (Å²) in [5.74, 6) is 2.03. The van der Waals surface area contributed by atoms with E-state index in [2.05, 4.69) is 13.0 Å². The molecular weight excluding hydrogens is 416 g/mol. The molecule has 8 heteroatoms. The average molecular weight is 441 g/mol. The van der Waals surface area contributed by atoms with Crippen molar-refractivity contribution in [1.82, 2.24) is 9.55 Å². The lowest BCUT2D eigenvalue weighted by Crippen LogP contribution is -2.12. The van der Waals surface area contributed by atoms with Gasteiger partial charge in [0, 0.05) is 10.4 Å². The van der Waals surface area contributed by atoms with Gasteiger partial charge in [0.25, 0.3) is 0 Å². The first-order valence-corrected chi connectivity index (χ1v) is 10.7. The van der Waals surface area contributed by atoms with Gasteiger partial charge in [0.05, 0.1) is 38.1 Å². The van der Waals surface area contributed by atoms with Gasteiger partial charge in [-0.2, -0.15) is 0 Å². The van der Waals surface area contributed by atoms with Gasteiger partial charge in [-0.15, -0.1) is 11.3 Å². The summed E-state index contributed by atoms with van der Waals surface area (Å²) in [5.41, 5.74) is 3.03. The standard InChI is InChI=1S/C23H24N2O5S/c1-6-15-10-17-21(31-15)11-18(23(26)29-5)25(17)12-16-13(2)30-22(24-16)14-7-8-19(27-3)20(9-14)28-4/h7-11H,6,12H2,1-5H3. The number of aromatic nitrogens is 2. The number of carbonyl (C=O) groups excluding carboxylic acids is 1. The maximum Gasteiger partial charge on any atom is 0.354 e. The Morgan fingerprint density at radius 1 is 1.13 bits per heavy atom. The average Bonchev–Trinajstić information content (AvgIpc) is 3.46. The van der Waals surface area contributed by atoms with Crippen LogP contribution in [-0.4, -0.2) is 36.8 Å². The van der Waals surface area contributed by atoms with Crippen molar-refractivity contribution in [1.29, 1.82) is 0 Å². The molecule has 0 fully saturated rings. The van der Waals surface area contributed by atoms with Crippen molar-refractivity contribution >= 4 is 27.5 Å². The van der Waals surface area contributed by atoms with Gasteiger partial charge in [-0.25, -0.2) is 9.78 Å². The number of hydrogen-bond donors (Lipinski definition) is 0. The topological polar surface area (TPSA) is 75.7 Å². The summed E-state index contributed by atoms with van der Waals surface area (Å²) in [4.78, 5) is 18.4. The third kappa shape index (κ3) is 3.79. The van der Waals surface area contributed by atoms with Gasteiger partial charge in [-0.05, 0) is 43.7 Å². The summed E-state index contributed by atoms with van der Waals surface area (Å²) in [6.45, 7) is 4.39. The van der Waals surface area contributed by atoms with Crippen LogP contribution in [0.15, 0.2) is 34.7 Å². The number of carbonyl (C=O) groups is 1. The summed E-state index contributed by atoms with van der Waals surface area (Å²) >= 11 is 1.69. The number of oxazole rings is 1. The lowest BCUT2D eigenvalue weighted by atomic mass is 10.2. The van der Waals surface area contributed by atoms with Crippen molar-refractivity contribution in [2.45, 2.75) is 26.8 Å². The van der Waals surface area contributed by atoms with Crippen molar-refractivity contribution in [3.63, 3.8) is 0 Å². The normalized spacial score (nSPS) is 11.1. The third-order valence-corrected chi connectivity index (χ3v) is 6.43. The minimum absolute atomic E-state index is 0.372. The lowest BCUT2D eigenvalue weighted by Gasteiger charge is -2.08. The highest BCUT2D eigenvalue weighted by molar-refractivity contribution is 7.19. The first-order valence-electron chi connectivity index (χ1n) is 9.88. The van der Waals surface area contributed by atoms with Crippen LogP contribution in [0.1, 0.15) is 33.7 Å². The maximum atomic E-state index is 12.4. The minimum Gasteiger partial charge on any atom is -0.493 e. The Labute approximate surface area is 184 Å². The highest BCUT2D eigenvalue weighted by Crippen LogP contribution is 2.34. The fourth-order valence-electron chi connectivity index (χ4n) is 3.53. The second kappa shape index (κ2) is 8.47. The molecule has 0 N–H and O–H groups in total. The van der Waals surface area contributed by atoms with E-state index in [1.165, 1.54) is 12.0 Å². The van der Waals surface area contributed by atoms with Crippen LogP contribution in [0.25, 0.3) is 21.7 Å². The molecule has 4 aromatic rings. The number of hydrogen-bond acceptors (Lipinski definition) is 7. The smallest absolute Gasteiger partial charge is 0.354 e. The molecule has 0 saturated carbocycles. The van der Waals surface area contributed by atoms with Crippen molar-refractivity contribution in [3.8, 4) is 23.0 Å². The molecule has 0 saturated heterocycles. The number of esters is 1. The van der Waals surface area contributed by atoms with Gasteiger partial charge >= 0.3 is 5.97 Å². The number of thiophene rings is 1. The highest BCUT2D eigenvalue weighted by atomic mass is 32.1. The molecule has 0 radical (unpaired) electrons. The molecule has 162 valence electrons. The largest absolute Gasteiger partial charge is 0.493 e. The van der Waals surface area contributed by atoms with Crippen LogP contribution >= 0.6 is 11.3 Å². The summed E-state index contributed by atoms with van der Waals surface area (Å²) in [7, 11) is 4.57. The number of ether oxygens (including phenoxy) is 3. The molecule has 0 spiro atoms. The molecule has 0 aliphatic heterocycles. The molecule has 3 aromatic heterocycles. The SMILES string of the molecule is CCc1cc2c(cc(C(=O)OC)n2Cc2nc(-c3ccc(OC)c(OC)c3)oc2C)s1. The Kier molecular flexibility index (Phi) is 5.73. The minimum atomic E-state index is -0.372. The molecule has 0 atom stereocenters. The Bertz CT molecular complexity index is 1250. The molecule has 1 aromatic carbocycles. The molecule has 3 heterocycles. The van der Waals surface area contributed by atoms with E-state index >= 15 is 0 Å². The summed E-state index contributed by atoms with van der Waals surface area (Å²) in [5, 5.41) is 0. The maximum absolute atomic E-state index is 12.4. The van der Waals surface area contributed by atoms with Crippen LogP contribution < -0.4 is 9.47 Å². The highest BCUT2D eigenvalue weighted by Gasteiger charge is 2.21. The van der Waals surface area contributed by atoms with E-state index in [4.69, 9.17) is 23.6 Å². The number of aryl methyl sites for hydroxylation is 2. The fraction of sp³-hybridized carbons (Fsp3) is 0.304. The molecule has 0 aliphatic carbocycles. The van der Waals surface area contributed by atoms with Crippen LogP contribution in [0.5, 0.6) is 11.5 Å². The lowest BCUT2D eigenvalue weighted by molar-refractivity contribution is 0.0589. The zero-order valence-corrected chi connectivity index (χ0v) is 19.0. The predicted molar refractivity (Wildman–Crippen MR) is 119 cm³/mol. The van der Waals surface area contributed by atoms with E-state index in [-0.39, 0.29) is 5.97 Å². The fourth-order valence-corrected chi connectivity index (χ4v) is 4.57. The first kappa shape index (κ1) is 21.0. The number of nitrogens with zero attached hydrogens (tertiary/aromatic N) is 2. The van der Waals surface area contributed by atoms with Crippen LogP contribution in [0.2, 0.25) is 0 Å². The molecule has 0 aliphatic rings. The Balaban J connectivity index is 1.74.